The van der Waals surface area contributed by atoms with E-state index >= 15 is 0 Å². The van der Waals surface area contributed by atoms with Crippen LogP contribution < -0.4 is 0 Å². The molecular weight excluding hydrogens is 218 g/mol. The van der Waals surface area contributed by atoms with Gasteiger partial charge >= 0.3 is 0 Å². The number of pyridine rings is 1. The zero-order valence-corrected chi connectivity index (χ0v) is 7.84. The summed E-state index contributed by atoms with van der Waals surface area (Å²) in [5.74, 6) is 5.71. The molecule has 1 heterocycles. The van der Waals surface area contributed by atoms with Crippen LogP contribution in [0, 0.1) is 11.8 Å². The Morgan fingerprint density at radius 3 is 2.92 bits per heavy atom. The second-order valence-electron chi connectivity index (χ2n) is 2.02. The molecule has 0 aliphatic heterocycles. The molecule has 0 bridgehead atoms. The summed E-state index contributed by atoms with van der Waals surface area (Å²) in [4.78, 5) is 14.1. The number of carbonyl (C=O) groups excluding carboxylic acids is 1. The molecular formula is C9H6BrNO. The molecule has 0 spiro atoms. The van der Waals surface area contributed by atoms with Crippen LogP contribution in [0.1, 0.15) is 16.1 Å². The van der Waals surface area contributed by atoms with E-state index in [0.29, 0.717) is 17.3 Å². The Morgan fingerprint density at radius 1 is 1.58 bits per heavy atom. The number of halogens is 1. The van der Waals surface area contributed by atoms with Crippen LogP contribution in [-0.2, 0) is 0 Å². The highest BCUT2D eigenvalue weighted by atomic mass is 79.9. The molecule has 0 saturated heterocycles. The number of alkyl halides is 1. The highest BCUT2D eigenvalue weighted by molar-refractivity contribution is 9.09. The fraction of sp³-hybridized carbons (Fsp3) is 0.111. The van der Waals surface area contributed by atoms with E-state index in [2.05, 4.69) is 32.8 Å². The quantitative estimate of drug-likeness (QED) is 0.412. The van der Waals surface area contributed by atoms with E-state index in [-0.39, 0.29) is 0 Å². The molecule has 3 heteroatoms. The average Bonchev–Trinajstić information content (AvgIpc) is 2.15. The van der Waals surface area contributed by atoms with Crippen LogP contribution in [0.5, 0.6) is 0 Å². The lowest BCUT2D eigenvalue weighted by Crippen LogP contribution is -1.85. The van der Waals surface area contributed by atoms with Gasteiger partial charge in [0.2, 0.25) is 0 Å². The van der Waals surface area contributed by atoms with Crippen molar-refractivity contribution in [2.24, 2.45) is 0 Å². The maximum absolute atomic E-state index is 10.2. The Labute approximate surface area is 79.1 Å². The fourth-order valence-electron chi connectivity index (χ4n) is 0.684. The van der Waals surface area contributed by atoms with E-state index in [1.54, 1.807) is 18.3 Å². The molecule has 12 heavy (non-hydrogen) atoms. The van der Waals surface area contributed by atoms with Crippen molar-refractivity contribution in [1.29, 1.82) is 0 Å². The van der Waals surface area contributed by atoms with Crippen molar-refractivity contribution in [2.45, 2.75) is 0 Å². The van der Waals surface area contributed by atoms with Gasteiger partial charge in [-0.1, -0.05) is 27.8 Å². The molecule has 0 N–H and O–H groups in total. The number of hydrogen-bond donors (Lipinski definition) is 0. The molecule has 1 aromatic rings. The third-order valence-electron chi connectivity index (χ3n) is 1.21. The summed E-state index contributed by atoms with van der Waals surface area (Å²) in [5.41, 5.74) is 1.25. The minimum absolute atomic E-state index is 0.430. The molecule has 0 radical (unpaired) electrons. The minimum atomic E-state index is 0.430. The molecule has 2 nitrogen and oxygen atoms in total. The van der Waals surface area contributed by atoms with E-state index in [1.807, 2.05) is 0 Å². The maximum atomic E-state index is 10.2. The Morgan fingerprint density at radius 2 is 2.42 bits per heavy atom. The lowest BCUT2D eigenvalue weighted by molar-refractivity contribution is 0.111. The molecule has 0 saturated carbocycles. The summed E-state index contributed by atoms with van der Waals surface area (Å²) >= 11 is 3.18. The van der Waals surface area contributed by atoms with Crippen molar-refractivity contribution in [1.82, 2.24) is 4.98 Å². The van der Waals surface area contributed by atoms with Gasteiger partial charge in [0.15, 0.2) is 6.29 Å². The van der Waals surface area contributed by atoms with Crippen molar-refractivity contribution in [3.05, 3.63) is 29.6 Å². The molecule has 0 aliphatic rings. The van der Waals surface area contributed by atoms with Crippen LogP contribution in [0.15, 0.2) is 18.3 Å². The van der Waals surface area contributed by atoms with Crippen LogP contribution >= 0.6 is 15.9 Å². The first-order chi connectivity index (χ1) is 5.86. The van der Waals surface area contributed by atoms with Crippen LogP contribution in [-0.4, -0.2) is 16.6 Å². The zero-order valence-electron chi connectivity index (χ0n) is 6.25. The smallest absolute Gasteiger partial charge is 0.168 e. The third-order valence-corrected chi connectivity index (χ3v) is 1.49. The third kappa shape index (κ3) is 2.48. The second-order valence-corrected chi connectivity index (χ2v) is 2.59. The molecule has 0 atom stereocenters. The first-order valence-electron chi connectivity index (χ1n) is 3.33. The van der Waals surface area contributed by atoms with Gasteiger partial charge in [-0.3, -0.25) is 9.78 Å². The van der Waals surface area contributed by atoms with Gasteiger partial charge in [-0.15, -0.1) is 0 Å². The number of aromatic nitrogens is 1. The maximum Gasteiger partial charge on any atom is 0.168 e. The summed E-state index contributed by atoms with van der Waals surface area (Å²) in [6, 6.07) is 3.41. The molecule has 0 aromatic carbocycles. The molecule has 0 amide bonds. The predicted molar refractivity (Wildman–Crippen MR) is 50.3 cm³/mol. The van der Waals surface area contributed by atoms with Crippen LogP contribution in [0.3, 0.4) is 0 Å². The fourth-order valence-corrected chi connectivity index (χ4v) is 0.825. The Balaban J connectivity index is 2.84. The zero-order chi connectivity index (χ0) is 8.81. The Kier molecular flexibility index (Phi) is 3.49. The topological polar surface area (TPSA) is 30.0 Å². The second kappa shape index (κ2) is 4.68. The van der Waals surface area contributed by atoms with Gasteiger partial charge in [0, 0.05) is 11.8 Å². The van der Waals surface area contributed by atoms with Crippen molar-refractivity contribution < 1.29 is 4.79 Å². The molecule has 0 fully saturated rings. The number of aldehydes is 1. The highest BCUT2D eigenvalue weighted by Gasteiger charge is 1.89. The average molecular weight is 224 g/mol. The monoisotopic (exact) mass is 223 g/mol. The first kappa shape index (κ1) is 8.95. The van der Waals surface area contributed by atoms with E-state index in [1.165, 1.54) is 0 Å². The summed E-state index contributed by atoms with van der Waals surface area (Å²) in [6.45, 7) is 0. The largest absolute Gasteiger partial charge is 0.296 e. The molecule has 0 unspecified atom stereocenters. The van der Waals surface area contributed by atoms with Gasteiger partial charge in [0.25, 0.3) is 0 Å². The van der Waals surface area contributed by atoms with Crippen molar-refractivity contribution in [2.75, 3.05) is 5.33 Å². The van der Waals surface area contributed by atoms with E-state index in [0.717, 1.165) is 5.56 Å². The van der Waals surface area contributed by atoms with Crippen molar-refractivity contribution >= 4 is 22.2 Å². The number of carbonyl (C=O) groups is 1. The van der Waals surface area contributed by atoms with Crippen LogP contribution in [0.4, 0.5) is 0 Å². The van der Waals surface area contributed by atoms with Gasteiger partial charge in [-0.2, -0.15) is 0 Å². The van der Waals surface area contributed by atoms with Crippen molar-refractivity contribution in [3.8, 4) is 11.8 Å². The van der Waals surface area contributed by atoms with Crippen molar-refractivity contribution in [3.63, 3.8) is 0 Å². The van der Waals surface area contributed by atoms with E-state index < -0.39 is 0 Å². The summed E-state index contributed by atoms with van der Waals surface area (Å²) in [6.07, 6.45) is 2.29. The van der Waals surface area contributed by atoms with Gasteiger partial charge in [0.05, 0.1) is 5.33 Å². The van der Waals surface area contributed by atoms with Gasteiger partial charge in [-0.05, 0) is 12.1 Å². The highest BCUT2D eigenvalue weighted by Crippen LogP contribution is 1.95. The normalized spacial score (nSPS) is 8.42. The first-order valence-corrected chi connectivity index (χ1v) is 4.45. The lowest BCUT2D eigenvalue weighted by atomic mass is 10.2. The Bertz CT molecular complexity index is 321. The van der Waals surface area contributed by atoms with Gasteiger partial charge in [-0.25, -0.2) is 0 Å². The number of hydrogen-bond acceptors (Lipinski definition) is 2. The summed E-state index contributed by atoms with van der Waals surface area (Å²) in [5, 5.41) is 0.641. The van der Waals surface area contributed by atoms with E-state index in [9.17, 15) is 4.79 Å². The number of nitrogens with zero attached hydrogens (tertiary/aromatic N) is 1. The molecule has 1 rings (SSSR count). The summed E-state index contributed by atoms with van der Waals surface area (Å²) < 4.78 is 0. The molecule has 0 aliphatic carbocycles. The van der Waals surface area contributed by atoms with E-state index in [4.69, 9.17) is 0 Å². The molecule has 60 valence electrons. The molecule has 1 aromatic heterocycles. The van der Waals surface area contributed by atoms with Crippen LogP contribution in [0.2, 0.25) is 0 Å². The Hall–Kier alpha value is -1.14. The predicted octanol–water partition coefficient (Wildman–Crippen LogP) is 1.64. The van der Waals surface area contributed by atoms with Gasteiger partial charge < -0.3 is 0 Å². The number of rotatable bonds is 1. The SMILES string of the molecule is O=Cc1ccc(C#CCBr)cn1. The minimum Gasteiger partial charge on any atom is -0.296 e. The standard InChI is InChI=1S/C9H6BrNO/c10-5-1-2-8-3-4-9(7-12)11-6-8/h3-4,6-7H,5H2. The van der Waals surface area contributed by atoms with Gasteiger partial charge in [0.1, 0.15) is 5.69 Å². The lowest BCUT2D eigenvalue weighted by Gasteiger charge is -1.89. The summed E-state index contributed by atoms with van der Waals surface area (Å²) in [7, 11) is 0. The van der Waals surface area contributed by atoms with Crippen LogP contribution in [0.25, 0.3) is 0 Å².